The summed E-state index contributed by atoms with van der Waals surface area (Å²) >= 11 is 0. The highest BCUT2D eigenvalue weighted by molar-refractivity contribution is 6.01. The van der Waals surface area contributed by atoms with Crippen molar-refractivity contribution >= 4 is 22.4 Å². The average molecular weight is 367 g/mol. The first kappa shape index (κ1) is 16.4. The molecule has 2 aliphatic heterocycles. The van der Waals surface area contributed by atoms with Crippen molar-refractivity contribution in [2.75, 3.05) is 0 Å². The van der Waals surface area contributed by atoms with Crippen molar-refractivity contribution in [1.29, 1.82) is 0 Å². The van der Waals surface area contributed by atoms with Gasteiger partial charge >= 0.3 is 5.97 Å². The molecule has 136 valence electrons. The predicted octanol–water partition coefficient (Wildman–Crippen LogP) is 4.27. The number of aromatic nitrogens is 3. The van der Waals surface area contributed by atoms with E-state index >= 15 is 0 Å². The monoisotopic (exact) mass is 367 g/mol. The molecule has 28 heavy (non-hydrogen) atoms. The van der Waals surface area contributed by atoms with Crippen LogP contribution in [0.3, 0.4) is 0 Å². The second-order valence-electron chi connectivity index (χ2n) is 6.73. The summed E-state index contributed by atoms with van der Waals surface area (Å²) in [6.07, 6.45) is 7.66. The Balaban J connectivity index is 1.49. The van der Waals surface area contributed by atoms with E-state index in [9.17, 15) is 4.79 Å². The van der Waals surface area contributed by atoms with E-state index in [4.69, 9.17) is 9.72 Å². The number of carbonyl (C=O) groups is 1. The van der Waals surface area contributed by atoms with Gasteiger partial charge in [-0.05, 0) is 23.3 Å². The maximum absolute atomic E-state index is 12.4. The van der Waals surface area contributed by atoms with Crippen LogP contribution in [-0.2, 0) is 22.6 Å². The number of esters is 1. The Hall–Kier alpha value is -3.73. The quantitative estimate of drug-likeness (QED) is 0.445. The molecular weight excluding hydrogens is 350 g/mol. The van der Waals surface area contributed by atoms with Crippen molar-refractivity contribution in [1.82, 2.24) is 14.4 Å². The van der Waals surface area contributed by atoms with E-state index in [1.165, 1.54) is 0 Å². The summed E-state index contributed by atoms with van der Waals surface area (Å²) in [5, 5.41) is 1.00. The smallest absolute Gasteiger partial charge is 0.310 e. The molecule has 0 spiro atoms. The molecular formula is C23H17N3O2. The minimum atomic E-state index is -0.248. The number of hydrogen-bond donors (Lipinski definition) is 0. The molecule has 2 aromatic carbocycles. The number of pyridine rings is 1. The van der Waals surface area contributed by atoms with Crippen molar-refractivity contribution in [3.63, 3.8) is 0 Å². The van der Waals surface area contributed by atoms with Gasteiger partial charge in [0.1, 0.15) is 6.61 Å². The van der Waals surface area contributed by atoms with Gasteiger partial charge in [-0.1, -0.05) is 42.5 Å². The molecule has 5 nitrogen and oxygen atoms in total. The second kappa shape index (κ2) is 6.78. The van der Waals surface area contributed by atoms with E-state index in [2.05, 4.69) is 11.1 Å². The van der Waals surface area contributed by atoms with Crippen LogP contribution in [0.4, 0.5) is 0 Å². The molecule has 3 heterocycles. The third-order valence-corrected chi connectivity index (χ3v) is 4.86. The molecule has 1 aromatic heterocycles. The number of benzene rings is 2. The maximum atomic E-state index is 12.4. The number of rotatable bonds is 4. The third-order valence-electron chi connectivity index (χ3n) is 4.86. The average Bonchev–Trinajstić information content (AvgIpc) is 3.09. The molecule has 5 rings (SSSR count). The summed E-state index contributed by atoms with van der Waals surface area (Å²) in [7, 11) is 0. The van der Waals surface area contributed by atoms with Crippen LogP contribution in [-0.4, -0.2) is 20.3 Å². The van der Waals surface area contributed by atoms with Crippen LogP contribution < -0.4 is 0 Å². The largest absolute Gasteiger partial charge is 0.461 e. The van der Waals surface area contributed by atoms with Crippen LogP contribution in [0.5, 0.6) is 0 Å². The van der Waals surface area contributed by atoms with Crippen molar-refractivity contribution < 1.29 is 9.53 Å². The predicted molar refractivity (Wildman–Crippen MR) is 107 cm³/mol. The van der Waals surface area contributed by atoms with Crippen molar-refractivity contribution in [3.8, 4) is 11.3 Å². The minimum Gasteiger partial charge on any atom is -0.461 e. The van der Waals surface area contributed by atoms with Gasteiger partial charge in [-0.3, -0.25) is 9.78 Å². The molecule has 5 heteroatoms. The summed E-state index contributed by atoms with van der Waals surface area (Å²) in [6, 6.07) is 17.6. The zero-order valence-corrected chi connectivity index (χ0v) is 15.1. The van der Waals surface area contributed by atoms with Gasteiger partial charge in [0.2, 0.25) is 0 Å². The van der Waals surface area contributed by atoms with Gasteiger partial charge in [0, 0.05) is 29.5 Å². The fourth-order valence-electron chi connectivity index (χ4n) is 3.54. The van der Waals surface area contributed by atoms with Gasteiger partial charge in [0.15, 0.2) is 0 Å². The van der Waals surface area contributed by atoms with Crippen LogP contribution in [0.2, 0.25) is 0 Å². The van der Waals surface area contributed by atoms with E-state index in [0.717, 1.165) is 38.8 Å². The number of nitrogens with zero attached hydrogens (tertiary/aromatic N) is 3. The number of ether oxygens (including phenoxy) is 1. The van der Waals surface area contributed by atoms with Crippen LogP contribution in [0.1, 0.15) is 11.1 Å². The molecule has 0 aliphatic carbocycles. The molecule has 0 fully saturated rings. The molecule has 2 aliphatic rings. The van der Waals surface area contributed by atoms with E-state index < -0.39 is 0 Å². The first-order chi connectivity index (χ1) is 13.8. The minimum absolute atomic E-state index is 0.211. The molecule has 0 atom stereocenters. The van der Waals surface area contributed by atoms with Gasteiger partial charge in [0.25, 0.3) is 0 Å². The van der Waals surface area contributed by atoms with E-state index in [0.29, 0.717) is 0 Å². The van der Waals surface area contributed by atoms with Gasteiger partial charge in [-0.2, -0.15) is 0 Å². The summed E-state index contributed by atoms with van der Waals surface area (Å²) in [6.45, 7) is 0.280. The highest BCUT2D eigenvalue weighted by atomic mass is 16.5. The van der Waals surface area contributed by atoms with Crippen molar-refractivity contribution in [3.05, 3.63) is 90.5 Å². The second-order valence-corrected chi connectivity index (χ2v) is 6.73. The third kappa shape index (κ3) is 2.97. The normalized spacial score (nSPS) is 11.3. The lowest BCUT2D eigenvalue weighted by Crippen LogP contribution is -2.08. The van der Waals surface area contributed by atoms with Crippen LogP contribution >= 0.6 is 0 Å². The first-order valence-corrected chi connectivity index (χ1v) is 9.10. The molecule has 0 saturated carbocycles. The van der Waals surface area contributed by atoms with Crippen molar-refractivity contribution in [2.45, 2.75) is 13.0 Å². The number of fused-ring (bicyclic) bond motifs is 4. The van der Waals surface area contributed by atoms with Crippen LogP contribution in [0, 0.1) is 0 Å². The first-order valence-electron chi connectivity index (χ1n) is 9.10. The Labute approximate surface area is 161 Å². The summed E-state index contributed by atoms with van der Waals surface area (Å²) in [4.78, 5) is 21.4. The van der Waals surface area contributed by atoms with Gasteiger partial charge in [0.05, 0.1) is 29.3 Å². The number of hydrogen-bond acceptors (Lipinski definition) is 4. The molecule has 0 saturated heterocycles. The summed E-state index contributed by atoms with van der Waals surface area (Å²) in [5.41, 5.74) is 5.67. The SMILES string of the molecule is O=C(Cc1cccc2nc3cn4ccncc4cc-3c12)OCc1ccccc1. The Kier molecular flexibility index (Phi) is 3.98. The zero-order chi connectivity index (χ0) is 18.9. The fourth-order valence-corrected chi connectivity index (χ4v) is 3.54. The van der Waals surface area contributed by atoms with Crippen LogP contribution in [0.15, 0.2) is 79.4 Å². The maximum Gasteiger partial charge on any atom is 0.310 e. The molecule has 3 aromatic rings. The lowest BCUT2D eigenvalue weighted by Gasteiger charge is -2.08. The van der Waals surface area contributed by atoms with E-state index in [1.807, 2.05) is 71.5 Å². The Bertz CT molecular complexity index is 1260. The number of carbonyl (C=O) groups excluding carboxylic acids is 1. The van der Waals surface area contributed by atoms with E-state index in [1.54, 1.807) is 6.20 Å². The lowest BCUT2D eigenvalue weighted by molar-refractivity contribution is -0.144. The highest BCUT2D eigenvalue weighted by Crippen LogP contribution is 2.34. The Morgan fingerprint density at radius 1 is 1.07 bits per heavy atom. The molecule has 0 amide bonds. The topological polar surface area (TPSA) is 56.5 Å². The Morgan fingerprint density at radius 3 is 2.86 bits per heavy atom. The van der Waals surface area contributed by atoms with Crippen LogP contribution in [0.25, 0.3) is 27.7 Å². The molecule has 0 radical (unpaired) electrons. The standard InChI is InChI=1S/C23H17N3O2/c27-22(28-15-16-5-2-1-3-6-16)11-17-7-4-8-20-23(17)19-12-18-13-24-9-10-26(18)14-21(19)25-20/h1-10,12-14H,11,15H2. The van der Waals surface area contributed by atoms with Crippen molar-refractivity contribution in [2.24, 2.45) is 0 Å². The summed E-state index contributed by atoms with van der Waals surface area (Å²) < 4.78 is 7.46. The fraction of sp³-hybridized carbons (Fsp3) is 0.0870. The summed E-state index contributed by atoms with van der Waals surface area (Å²) in [5.74, 6) is -0.248. The zero-order valence-electron chi connectivity index (χ0n) is 15.1. The Morgan fingerprint density at radius 2 is 1.96 bits per heavy atom. The molecule has 0 unspecified atom stereocenters. The molecule has 0 bridgehead atoms. The molecule has 0 N–H and O–H groups in total. The van der Waals surface area contributed by atoms with E-state index in [-0.39, 0.29) is 19.0 Å². The van der Waals surface area contributed by atoms with Gasteiger partial charge in [-0.15, -0.1) is 0 Å². The van der Waals surface area contributed by atoms with Gasteiger partial charge < -0.3 is 9.14 Å². The van der Waals surface area contributed by atoms with Gasteiger partial charge in [-0.25, -0.2) is 4.98 Å². The lowest BCUT2D eigenvalue weighted by atomic mass is 10.0. The highest BCUT2D eigenvalue weighted by Gasteiger charge is 2.18.